The predicted molar refractivity (Wildman–Crippen MR) is 90.7 cm³/mol. The summed E-state index contributed by atoms with van der Waals surface area (Å²) >= 11 is 0. The van der Waals surface area contributed by atoms with Gasteiger partial charge >= 0.3 is 0 Å². The van der Waals surface area contributed by atoms with Crippen LogP contribution in [0.15, 0.2) is 46.3 Å². The summed E-state index contributed by atoms with van der Waals surface area (Å²) in [6.07, 6.45) is 7.52. The number of aliphatic imine (C=N–C) groups is 1. The van der Waals surface area contributed by atoms with Gasteiger partial charge in [-0.15, -0.1) is 4.48 Å². The normalized spacial score (nSPS) is 22.5. The Labute approximate surface area is 140 Å². The molecule has 4 rings (SSSR count). The molecule has 0 atom stereocenters. The average Bonchev–Trinajstić information content (AvgIpc) is 2.90. The van der Waals surface area contributed by atoms with E-state index in [4.69, 9.17) is 0 Å². The molecule has 0 N–H and O–H groups in total. The highest BCUT2D eigenvalue weighted by molar-refractivity contribution is 6.12. The van der Waals surface area contributed by atoms with Crippen LogP contribution < -0.4 is 0 Å². The van der Waals surface area contributed by atoms with Crippen LogP contribution in [0.4, 0.5) is 8.87 Å². The number of fused-ring (bicyclic) bond motifs is 1. The Morgan fingerprint density at radius 3 is 2.50 bits per heavy atom. The minimum Gasteiger partial charge on any atom is -0.237 e. The van der Waals surface area contributed by atoms with Gasteiger partial charge in [-0.1, -0.05) is 31.4 Å². The van der Waals surface area contributed by atoms with Crippen molar-refractivity contribution in [2.75, 3.05) is 6.54 Å². The molecule has 0 radical (unpaired) electrons. The summed E-state index contributed by atoms with van der Waals surface area (Å²) in [5, 5.41) is 2.40. The van der Waals surface area contributed by atoms with Gasteiger partial charge < -0.3 is 0 Å². The maximum atomic E-state index is 14.6. The van der Waals surface area contributed by atoms with Gasteiger partial charge in [0.25, 0.3) is 0 Å². The van der Waals surface area contributed by atoms with Crippen LogP contribution in [0.2, 0.25) is 0 Å². The third-order valence-corrected chi connectivity index (χ3v) is 5.13. The summed E-state index contributed by atoms with van der Waals surface area (Å²) in [7, 11) is 0. The monoisotopic (exact) mass is 329 g/mol. The number of benzene rings is 1. The van der Waals surface area contributed by atoms with Gasteiger partial charge in [0.15, 0.2) is 0 Å². The number of hydrazine groups is 1. The molecular weight excluding hydrogens is 308 g/mol. The highest BCUT2D eigenvalue weighted by Gasteiger charge is 2.38. The van der Waals surface area contributed by atoms with Gasteiger partial charge in [0, 0.05) is 17.7 Å². The summed E-state index contributed by atoms with van der Waals surface area (Å²) in [5.41, 5.74) is 3.70. The summed E-state index contributed by atoms with van der Waals surface area (Å²) in [6, 6.07) is 6.39. The SMILES string of the molecule is CC1=C2N=CC(c3ccc(F)cc3)=C(C3CCCCC3)N2N(F)C1. The van der Waals surface area contributed by atoms with Crippen molar-refractivity contribution in [1.82, 2.24) is 10.2 Å². The molecule has 1 aromatic rings. The predicted octanol–water partition coefficient (Wildman–Crippen LogP) is 4.85. The molecule has 1 saturated carbocycles. The second-order valence-corrected chi connectivity index (χ2v) is 6.81. The van der Waals surface area contributed by atoms with E-state index in [1.807, 2.05) is 13.1 Å². The molecule has 0 spiro atoms. The molecule has 2 heterocycles. The number of nitrogens with zero attached hydrogens (tertiary/aromatic N) is 3. The Balaban J connectivity index is 1.84. The van der Waals surface area contributed by atoms with Crippen molar-refractivity contribution in [2.24, 2.45) is 10.9 Å². The number of allylic oxidation sites excluding steroid dienone is 2. The van der Waals surface area contributed by atoms with E-state index in [-0.39, 0.29) is 12.4 Å². The molecular formula is C19H21F2N3. The third kappa shape index (κ3) is 2.57. The van der Waals surface area contributed by atoms with E-state index in [1.54, 1.807) is 17.1 Å². The summed E-state index contributed by atoms with van der Waals surface area (Å²) in [5.74, 6) is 0.740. The fourth-order valence-electron chi connectivity index (χ4n) is 3.94. The molecule has 1 aromatic carbocycles. The lowest BCUT2D eigenvalue weighted by Crippen LogP contribution is -2.36. The van der Waals surface area contributed by atoms with Gasteiger partial charge in [-0.3, -0.25) is 0 Å². The second-order valence-electron chi connectivity index (χ2n) is 6.81. The minimum absolute atomic E-state index is 0.250. The van der Waals surface area contributed by atoms with E-state index in [0.717, 1.165) is 40.5 Å². The van der Waals surface area contributed by atoms with Crippen molar-refractivity contribution >= 4 is 11.8 Å². The largest absolute Gasteiger partial charge is 0.237 e. The molecule has 1 fully saturated rings. The topological polar surface area (TPSA) is 18.8 Å². The van der Waals surface area contributed by atoms with E-state index in [9.17, 15) is 8.87 Å². The zero-order chi connectivity index (χ0) is 16.7. The zero-order valence-electron chi connectivity index (χ0n) is 13.8. The average molecular weight is 329 g/mol. The van der Waals surface area contributed by atoms with Crippen molar-refractivity contribution in [3.8, 4) is 0 Å². The van der Waals surface area contributed by atoms with E-state index >= 15 is 0 Å². The highest BCUT2D eigenvalue weighted by atomic mass is 19.2. The standard InChI is InChI=1S/C19H21F2N3/c1-13-12-23(21)24-18(15-5-3-2-4-6-15)17(11-22-19(13)24)14-7-9-16(20)10-8-14/h7-11,15H,2-6,12H2,1H3. The lowest BCUT2D eigenvalue weighted by molar-refractivity contribution is -0.113. The fraction of sp³-hybridized carbons (Fsp3) is 0.421. The van der Waals surface area contributed by atoms with Gasteiger partial charge in [-0.2, -0.15) is 0 Å². The number of hydrogen-bond donors (Lipinski definition) is 0. The van der Waals surface area contributed by atoms with E-state index < -0.39 is 0 Å². The quantitative estimate of drug-likeness (QED) is 0.722. The van der Waals surface area contributed by atoms with Gasteiger partial charge in [0.1, 0.15) is 11.6 Å². The first kappa shape index (κ1) is 15.5. The molecule has 24 heavy (non-hydrogen) atoms. The Hall–Kier alpha value is -2.01. The molecule has 0 bridgehead atoms. The van der Waals surface area contributed by atoms with Gasteiger partial charge in [0.05, 0.1) is 12.2 Å². The van der Waals surface area contributed by atoms with Crippen LogP contribution in [0.5, 0.6) is 0 Å². The summed E-state index contributed by atoms with van der Waals surface area (Å²) in [4.78, 5) is 4.50. The van der Waals surface area contributed by atoms with Crippen molar-refractivity contribution in [2.45, 2.75) is 39.0 Å². The van der Waals surface area contributed by atoms with Crippen LogP contribution in [-0.4, -0.2) is 23.0 Å². The molecule has 3 aliphatic rings. The number of hydrogen-bond acceptors (Lipinski definition) is 3. The van der Waals surface area contributed by atoms with Crippen LogP contribution in [0.3, 0.4) is 0 Å². The highest BCUT2D eigenvalue weighted by Crippen LogP contribution is 2.43. The van der Waals surface area contributed by atoms with E-state index in [0.29, 0.717) is 11.7 Å². The summed E-state index contributed by atoms with van der Waals surface area (Å²) in [6.45, 7) is 2.17. The zero-order valence-corrected chi connectivity index (χ0v) is 13.8. The maximum Gasteiger partial charge on any atom is 0.149 e. The number of halogens is 2. The smallest absolute Gasteiger partial charge is 0.149 e. The third-order valence-electron chi connectivity index (χ3n) is 5.13. The first-order valence-corrected chi connectivity index (χ1v) is 8.62. The lowest BCUT2D eigenvalue weighted by atomic mass is 9.83. The summed E-state index contributed by atoms with van der Waals surface area (Å²) < 4.78 is 27.9. The molecule has 0 unspecified atom stereocenters. The second kappa shape index (κ2) is 6.13. The molecule has 126 valence electrons. The van der Waals surface area contributed by atoms with Crippen molar-refractivity contribution in [3.63, 3.8) is 0 Å². The lowest BCUT2D eigenvalue weighted by Gasteiger charge is -2.36. The molecule has 3 nitrogen and oxygen atoms in total. The van der Waals surface area contributed by atoms with E-state index in [1.165, 1.54) is 31.4 Å². The molecule has 0 saturated heterocycles. The van der Waals surface area contributed by atoms with Crippen molar-refractivity contribution in [3.05, 3.63) is 52.7 Å². The minimum atomic E-state index is -0.268. The van der Waals surface area contributed by atoms with Gasteiger partial charge in [-0.05, 0) is 48.3 Å². The van der Waals surface area contributed by atoms with Crippen molar-refractivity contribution < 1.29 is 8.87 Å². The molecule has 0 amide bonds. The van der Waals surface area contributed by atoms with E-state index in [2.05, 4.69) is 4.99 Å². The Morgan fingerprint density at radius 2 is 1.79 bits per heavy atom. The molecule has 0 aromatic heterocycles. The molecule has 2 aliphatic heterocycles. The number of rotatable bonds is 2. The van der Waals surface area contributed by atoms with Crippen molar-refractivity contribution in [1.29, 1.82) is 0 Å². The van der Waals surface area contributed by atoms with Crippen LogP contribution >= 0.6 is 0 Å². The molecule has 1 aliphatic carbocycles. The van der Waals surface area contributed by atoms with Gasteiger partial charge in [0.2, 0.25) is 0 Å². The maximum absolute atomic E-state index is 14.6. The fourth-order valence-corrected chi connectivity index (χ4v) is 3.94. The van der Waals surface area contributed by atoms with Gasteiger partial charge in [-0.25, -0.2) is 14.4 Å². The van der Waals surface area contributed by atoms with Crippen LogP contribution in [0, 0.1) is 11.7 Å². The Kier molecular flexibility index (Phi) is 3.96. The van der Waals surface area contributed by atoms with Crippen LogP contribution in [0.25, 0.3) is 5.57 Å². The Morgan fingerprint density at radius 1 is 1.08 bits per heavy atom. The molecule has 5 heteroatoms. The first-order chi connectivity index (χ1) is 11.6. The first-order valence-electron chi connectivity index (χ1n) is 8.62. The van der Waals surface area contributed by atoms with Crippen LogP contribution in [-0.2, 0) is 0 Å². The Bertz CT molecular complexity index is 727. The van der Waals surface area contributed by atoms with Crippen LogP contribution in [0.1, 0.15) is 44.6 Å².